The zero-order valence-electron chi connectivity index (χ0n) is 17.0. The fourth-order valence-electron chi connectivity index (χ4n) is 2.47. The van der Waals surface area contributed by atoms with E-state index in [1.165, 1.54) is 6.42 Å². The Hall–Kier alpha value is -2.62. The number of ketones is 2. The van der Waals surface area contributed by atoms with Gasteiger partial charge in [-0.15, -0.1) is 0 Å². The molecule has 0 atom stereocenters. The van der Waals surface area contributed by atoms with Gasteiger partial charge in [-0.25, -0.2) is 0 Å². The molecule has 0 bridgehead atoms. The van der Waals surface area contributed by atoms with E-state index < -0.39 is 5.78 Å². The van der Waals surface area contributed by atoms with Crippen molar-refractivity contribution in [2.45, 2.75) is 47.5 Å². The molecule has 0 unspecified atom stereocenters. The number of carbonyl (C=O) groups is 2. The van der Waals surface area contributed by atoms with Crippen LogP contribution in [0.4, 0.5) is 0 Å². The Morgan fingerprint density at radius 3 is 2.11 bits per heavy atom. The van der Waals surface area contributed by atoms with E-state index in [1.54, 1.807) is 6.20 Å². The zero-order chi connectivity index (χ0) is 19.5. The molecule has 0 aliphatic heterocycles. The second-order valence-electron chi connectivity index (χ2n) is 5.81. The van der Waals surface area contributed by atoms with E-state index in [2.05, 4.69) is 18.8 Å². The molecule has 0 spiro atoms. The molecule has 0 amide bonds. The van der Waals surface area contributed by atoms with Crippen molar-refractivity contribution < 1.29 is 9.59 Å². The Balaban J connectivity index is 0.00000103. The predicted molar refractivity (Wildman–Crippen MR) is 116 cm³/mol. The molecule has 3 rings (SSSR count). The highest BCUT2D eigenvalue weighted by molar-refractivity contribution is 6.46. The van der Waals surface area contributed by atoms with Crippen LogP contribution in [0.5, 0.6) is 0 Å². The number of H-pyrrole nitrogens is 1. The van der Waals surface area contributed by atoms with Gasteiger partial charge in [-0.2, -0.15) is 0 Å². The summed E-state index contributed by atoms with van der Waals surface area (Å²) in [7, 11) is 0. The Kier molecular flexibility index (Phi) is 11.5. The van der Waals surface area contributed by atoms with Gasteiger partial charge in [0.05, 0.1) is 5.56 Å². The molecule has 3 nitrogen and oxygen atoms in total. The van der Waals surface area contributed by atoms with Gasteiger partial charge in [-0.3, -0.25) is 9.59 Å². The predicted octanol–water partition coefficient (Wildman–Crippen LogP) is 5.53. The number of rotatable bonds is 4. The summed E-state index contributed by atoms with van der Waals surface area (Å²) >= 11 is 0. The lowest BCUT2D eigenvalue weighted by molar-refractivity contribution is -0.114. The highest BCUT2D eigenvalue weighted by Gasteiger charge is 2.20. The van der Waals surface area contributed by atoms with Crippen LogP contribution in [-0.4, -0.2) is 25.0 Å². The van der Waals surface area contributed by atoms with Gasteiger partial charge in [0.1, 0.15) is 0 Å². The average Bonchev–Trinajstić information content (AvgIpc) is 3.09. The van der Waals surface area contributed by atoms with E-state index >= 15 is 0 Å². The molecule has 27 heavy (non-hydrogen) atoms. The number of hydrogen-bond donors (Lipinski definition) is 1. The Morgan fingerprint density at radius 2 is 1.48 bits per heavy atom. The molecule has 4 heteroatoms. The first-order valence-corrected chi connectivity index (χ1v) is 9.26. The Bertz CT molecular complexity index is 852. The highest BCUT2D eigenvalue weighted by Crippen LogP contribution is 2.19. The summed E-state index contributed by atoms with van der Waals surface area (Å²) < 4.78 is 0. The van der Waals surface area contributed by atoms with Crippen molar-refractivity contribution in [3.8, 4) is 0 Å². The molecule has 0 fully saturated rings. The van der Waals surface area contributed by atoms with Gasteiger partial charge in [0, 0.05) is 31.9 Å². The van der Waals surface area contributed by atoms with Crippen molar-refractivity contribution in [2.24, 2.45) is 0 Å². The SMILES string of the molecule is CC.CCC.Cc1ccccc1CC(=O)C(=O)c1c[nH]c2ccccc12.[B]. The number of aromatic amines is 1. The summed E-state index contributed by atoms with van der Waals surface area (Å²) in [6.07, 6.45) is 3.01. The smallest absolute Gasteiger partial charge is 0.231 e. The number of benzene rings is 2. The molecule has 1 aromatic heterocycles. The third-order valence-electron chi connectivity index (χ3n) is 3.70. The third kappa shape index (κ3) is 6.56. The van der Waals surface area contributed by atoms with Crippen molar-refractivity contribution in [1.29, 1.82) is 0 Å². The Morgan fingerprint density at radius 1 is 0.926 bits per heavy atom. The largest absolute Gasteiger partial charge is 0.360 e. The maximum Gasteiger partial charge on any atom is 0.231 e. The molecule has 3 aromatic rings. The maximum atomic E-state index is 12.4. The summed E-state index contributed by atoms with van der Waals surface area (Å²) in [6, 6.07) is 15.1. The van der Waals surface area contributed by atoms with Crippen LogP contribution in [0, 0.1) is 6.92 Å². The van der Waals surface area contributed by atoms with Crippen molar-refractivity contribution in [2.75, 3.05) is 0 Å². The molecule has 141 valence electrons. The lowest BCUT2D eigenvalue weighted by Gasteiger charge is -2.04. The molecule has 0 aliphatic rings. The normalized spacial score (nSPS) is 9.22. The van der Waals surface area contributed by atoms with E-state index in [0.717, 1.165) is 22.0 Å². The van der Waals surface area contributed by atoms with E-state index in [-0.39, 0.29) is 20.6 Å². The van der Waals surface area contributed by atoms with Crippen LogP contribution in [0.25, 0.3) is 10.9 Å². The van der Waals surface area contributed by atoms with Crippen LogP contribution < -0.4 is 0 Å². The quantitative estimate of drug-likeness (QED) is 0.377. The van der Waals surface area contributed by atoms with Crippen LogP contribution in [0.3, 0.4) is 0 Å². The monoisotopic (exact) mass is 362 g/mol. The summed E-state index contributed by atoms with van der Waals surface area (Å²) in [6.45, 7) is 10.2. The van der Waals surface area contributed by atoms with Gasteiger partial charge in [0.15, 0.2) is 0 Å². The average molecular weight is 362 g/mol. The van der Waals surface area contributed by atoms with Gasteiger partial charge in [-0.1, -0.05) is 76.6 Å². The number of carbonyl (C=O) groups excluding carboxylic acids is 2. The number of hydrogen-bond acceptors (Lipinski definition) is 2. The van der Waals surface area contributed by atoms with Gasteiger partial charge in [0.2, 0.25) is 11.6 Å². The van der Waals surface area contributed by atoms with Crippen LogP contribution in [-0.2, 0) is 11.2 Å². The van der Waals surface area contributed by atoms with E-state index in [0.29, 0.717) is 5.56 Å². The summed E-state index contributed by atoms with van der Waals surface area (Å²) in [5, 5.41) is 0.792. The zero-order valence-corrected chi connectivity index (χ0v) is 17.0. The lowest BCUT2D eigenvalue weighted by Crippen LogP contribution is -2.16. The number of para-hydroxylation sites is 1. The van der Waals surface area contributed by atoms with Crippen molar-refractivity contribution in [3.05, 3.63) is 71.4 Å². The standard InChI is InChI=1S/C18H15NO2.C3H8.C2H6.B/c1-12-6-2-3-7-13(12)10-17(20)18(21)15-11-19-16-9-5-4-8-14(15)16;1-3-2;1-2;/h2-9,11,19H,10H2,1H3;3H2,1-2H3;1-2H3;. The molecule has 3 radical (unpaired) electrons. The summed E-state index contributed by atoms with van der Waals surface area (Å²) in [5.74, 6) is -0.815. The number of fused-ring (bicyclic) bond motifs is 1. The summed E-state index contributed by atoms with van der Waals surface area (Å²) in [5.41, 5.74) is 3.24. The fraction of sp³-hybridized carbons (Fsp3) is 0.304. The minimum absolute atomic E-state index is 0. The molecule has 2 aromatic carbocycles. The van der Waals surface area contributed by atoms with Gasteiger partial charge < -0.3 is 4.98 Å². The topological polar surface area (TPSA) is 49.9 Å². The maximum absolute atomic E-state index is 12.4. The first-order chi connectivity index (χ1) is 12.6. The molecule has 0 saturated heterocycles. The van der Waals surface area contributed by atoms with Gasteiger partial charge >= 0.3 is 0 Å². The number of aryl methyl sites for hydroxylation is 1. The third-order valence-corrected chi connectivity index (χ3v) is 3.70. The number of aromatic nitrogens is 1. The van der Waals surface area contributed by atoms with E-state index in [9.17, 15) is 9.59 Å². The number of Topliss-reactive ketones (excluding diaryl/α,β-unsaturated/α-hetero) is 2. The lowest BCUT2D eigenvalue weighted by atomic mass is 9.98. The van der Waals surface area contributed by atoms with Gasteiger partial charge in [-0.05, 0) is 24.1 Å². The van der Waals surface area contributed by atoms with Crippen LogP contribution in [0.2, 0.25) is 0 Å². The molecule has 0 aliphatic carbocycles. The first-order valence-electron chi connectivity index (χ1n) is 9.26. The minimum Gasteiger partial charge on any atom is -0.360 e. The minimum atomic E-state index is -0.435. The summed E-state index contributed by atoms with van der Waals surface area (Å²) in [4.78, 5) is 27.6. The van der Waals surface area contributed by atoms with E-state index in [1.807, 2.05) is 69.3 Å². The second-order valence-corrected chi connectivity index (χ2v) is 5.81. The van der Waals surface area contributed by atoms with E-state index in [4.69, 9.17) is 0 Å². The first kappa shape index (κ1) is 24.4. The molecular weight excluding hydrogens is 333 g/mol. The molecule has 0 saturated carbocycles. The van der Waals surface area contributed by atoms with Crippen molar-refractivity contribution in [1.82, 2.24) is 4.98 Å². The number of nitrogens with one attached hydrogen (secondary N) is 1. The Labute approximate surface area is 164 Å². The molecule has 1 heterocycles. The van der Waals surface area contributed by atoms with Crippen molar-refractivity contribution >= 4 is 30.9 Å². The van der Waals surface area contributed by atoms with Crippen molar-refractivity contribution in [3.63, 3.8) is 0 Å². The van der Waals surface area contributed by atoms with Crippen LogP contribution in [0.15, 0.2) is 54.7 Å². The molecule has 1 N–H and O–H groups in total. The molecular formula is C23H29BNO2. The van der Waals surface area contributed by atoms with Crippen LogP contribution >= 0.6 is 0 Å². The highest BCUT2D eigenvalue weighted by atomic mass is 16.2. The van der Waals surface area contributed by atoms with Gasteiger partial charge in [0.25, 0.3) is 0 Å². The second kappa shape index (κ2) is 12.7. The fourth-order valence-corrected chi connectivity index (χ4v) is 2.47. The van der Waals surface area contributed by atoms with Crippen LogP contribution in [0.1, 0.15) is 55.6 Å².